The molecule has 0 amide bonds. The predicted molar refractivity (Wildman–Crippen MR) is 71.1 cm³/mol. The number of nitrogens with zero attached hydrogens (tertiary/aromatic N) is 4. The average Bonchev–Trinajstić information content (AvgIpc) is 2.43. The zero-order valence-electron chi connectivity index (χ0n) is 10.4. The highest BCUT2D eigenvalue weighted by Gasteiger charge is 2.05. The first-order chi connectivity index (χ1) is 7.35. The summed E-state index contributed by atoms with van der Waals surface area (Å²) in [7, 11) is -1.19. The third-order valence-electron chi connectivity index (χ3n) is 2.15. The Kier molecular flexibility index (Phi) is 2.58. The molecule has 5 heteroatoms. The quantitative estimate of drug-likeness (QED) is 0.771. The highest BCUT2D eigenvalue weighted by molar-refractivity contribution is 8.03. The summed E-state index contributed by atoms with van der Waals surface area (Å²) < 4.78 is 6.52. The van der Waals surface area contributed by atoms with E-state index in [1.807, 2.05) is 30.6 Å². The topological polar surface area (TPSA) is 42.5 Å². The lowest BCUT2D eigenvalue weighted by molar-refractivity contribution is 0.915. The zero-order valence-corrected chi connectivity index (χ0v) is 11.3. The highest BCUT2D eigenvalue weighted by atomic mass is 32.2. The Morgan fingerprint density at radius 2 is 1.94 bits per heavy atom. The Labute approximate surface area is 96.8 Å². The highest BCUT2D eigenvalue weighted by Crippen LogP contribution is 2.18. The molecule has 2 aromatic heterocycles. The van der Waals surface area contributed by atoms with Crippen molar-refractivity contribution in [2.75, 3.05) is 18.8 Å². The lowest BCUT2D eigenvalue weighted by Crippen LogP contribution is -2.00. The van der Waals surface area contributed by atoms with E-state index in [1.165, 1.54) is 0 Å². The van der Waals surface area contributed by atoms with Crippen molar-refractivity contribution in [3.05, 3.63) is 23.7 Å². The first-order valence-electron chi connectivity index (χ1n) is 5.23. The molecule has 0 aliphatic carbocycles. The van der Waals surface area contributed by atoms with Crippen LogP contribution in [0.4, 0.5) is 5.82 Å². The third kappa shape index (κ3) is 2.29. The van der Waals surface area contributed by atoms with Gasteiger partial charge in [0, 0.05) is 6.07 Å². The van der Waals surface area contributed by atoms with Gasteiger partial charge in [0.25, 0.3) is 0 Å². The SMILES string of the molecule is Cc1cn2nc(N=[SH](C)(C)C)cc2c(C)n1. The number of aryl methyl sites for hydroxylation is 2. The van der Waals surface area contributed by atoms with Crippen LogP contribution in [0.2, 0.25) is 0 Å². The lowest BCUT2D eigenvalue weighted by Gasteiger charge is -2.08. The normalized spacial score (nSPS) is 13.1. The Morgan fingerprint density at radius 3 is 2.56 bits per heavy atom. The molecule has 0 aliphatic heterocycles. The molecule has 88 valence electrons. The van der Waals surface area contributed by atoms with Crippen LogP contribution in [0.5, 0.6) is 0 Å². The van der Waals surface area contributed by atoms with Crippen molar-refractivity contribution in [3.63, 3.8) is 0 Å². The summed E-state index contributed by atoms with van der Waals surface area (Å²) in [6.07, 6.45) is 8.45. The van der Waals surface area contributed by atoms with E-state index in [2.05, 4.69) is 33.2 Å². The molecule has 2 aromatic rings. The van der Waals surface area contributed by atoms with Crippen molar-refractivity contribution >= 4 is 21.2 Å². The average molecular weight is 238 g/mol. The second kappa shape index (κ2) is 3.66. The number of hydrogen-bond donors (Lipinski definition) is 1. The van der Waals surface area contributed by atoms with Gasteiger partial charge in [0.05, 0.1) is 23.1 Å². The molecule has 16 heavy (non-hydrogen) atoms. The van der Waals surface area contributed by atoms with Crippen LogP contribution in [-0.2, 0) is 9.82 Å². The second-order valence-corrected chi connectivity index (χ2v) is 8.92. The van der Waals surface area contributed by atoms with Crippen LogP contribution < -0.4 is 0 Å². The van der Waals surface area contributed by atoms with Crippen LogP contribution in [0.15, 0.2) is 16.6 Å². The van der Waals surface area contributed by atoms with Crippen LogP contribution in [0, 0.1) is 13.8 Å². The molecule has 2 rings (SSSR count). The summed E-state index contributed by atoms with van der Waals surface area (Å²) in [5, 5.41) is 4.46. The molecule has 0 saturated carbocycles. The summed E-state index contributed by atoms with van der Waals surface area (Å²) in [5.41, 5.74) is 3.02. The van der Waals surface area contributed by atoms with E-state index in [0.29, 0.717) is 0 Å². The number of aromatic nitrogens is 3. The Bertz CT molecular complexity index is 583. The molecule has 0 saturated heterocycles. The fourth-order valence-electron chi connectivity index (χ4n) is 1.63. The first-order valence-corrected chi connectivity index (χ1v) is 8.32. The summed E-state index contributed by atoms with van der Waals surface area (Å²) in [5.74, 6) is 0.816. The van der Waals surface area contributed by atoms with Crippen molar-refractivity contribution < 1.29 is 0 Å². The first kappa shape index (κ1) is 11.3. The fraction of sp³-hybridized carbons (Fsp3) is 0.455. The van der Waals surface area contributed by atoms with Crippen molar-refractivity contribution in [2.45, 2.75) is 13.8 Å². The van der Waals surface area contributed by atoms with E-state index in [1.54, 1.807) is 0 Å². The number of fused-ring (bicyclic) bond motifs is 1. The monoisotopic (exact) mass is 238 g/mol. The summed E-state index contributed by atoms with van der Waals surface area (Å²) >= 11 is 0. The van der Waals surface area contributed by atoms with Gasteiger partial charge >= 0.3 is 0 Å². The van der Waals surface area contributed by atoms with Gasteiger partial charge in [0.2, 0.25) is 0 Å². The van der Waals surface area contributed by atoms with Gasteiger partial charge in [-0.2, -0.15) is 9.82 Å². The smallest absolute Gasteiger partial charge is 0.179 e. The molecule has 0 unspecified atom stereocenters. The number of thiol groups is 1. The van der Waals surface area contributed by atoms with Crippen LogP contribution >= 0.6 is 0 Å². The molecule has 0 radical (unpaired) electrons. The minimum Gasteiger partial charge on any atom is -0.255 e. The fourth-order valence-corrected chi connectivity index (χ4v) is 2.35. The molecule has 0 aromatic carbocycles. The van der Waals surface area contributed by atoms with Crippen LogP contribution in [0.3, 0.4) is 0 Å². The summed E-state index contributed by atoms with van der Waals surface area (Å²) in [4.78, 5) is 4.42. The van der Waals surface area contributed by atoms with Gasteiger partial charge in [-0.25, -0.2) is 8.88 Å². The third-order valence-corrected chi connectivity index (χ3v) is 2.95. The summed E-state index contributed by atoms with van der Waals surface area (Å²) in [6.45, 7) is 3.97. The number of rotatable bonds is 1. The zero-order chi connectivity index (χ0) is 11.9. The van der Waals surface area contributed by atoms with Crippen LogP contribution in [0.25, 0.3) is 5.52 Å². The maximum atomic E-state index is 4.65. The van der Waals surface area contributed by atoms with Crippen LogP contribution in [-0.4, -0.2) is 33.4 Å². The van der Waals surface area contributed by atoms with Crippen molar-refractivity contribution in [1.29, 1.82) is 0 Å². The van der Waals surface area contributed by atoms with Gasteiger partial charge in [0.1, 0.15) is 0 Å². The predicted octanol–water partition coefficient (Wildman–Crippen LogP) is 1.94. The van der Waals surface area contributed by atoms with Gasteiger partial charge < -0.3 is 0 Å². The minimum absolute atomic E-state index is 0.816. The maximum absolute atomic E-state index is 4.65. The Hall–Kier alpha value is -1.23. The molecular formula is C11H18N4S. The van der Waals surface area contributed by atoms with Gasteiger partial charge in [-0.15, -0.1) is 5.10 Å². The van der Waals surface area contributed by atoms with E-state index in [4.69, 9.17) is 0 Å². The standard InChI is InChI=1S/C11H18N4S/c1-8-7-15-10(9(2)12-8)6-11(13-15)14-16(3,4)5/h6-7,16H,1-5H3. The Morgan fingerprint density at radius 1 is 1.25 bits per heavy atom. The van der Waals surface area contributed by atoms with Gasteiger partial charge in [-0.05, 0) is 32.6 Å². The van der Waals surface area contributed by atoms with Gasteiger partial charge in [-0.1, -0.05) is 0 Å². The maximum Gasteiger partial charge on any atom is 0.179 e. The van der Waals surface area contributed by atoms with E-state index in [9.17, 15) is 0 Å². The molecular weight excluding hydrogens is 220 g/mol. The molecule has 0 aliphatic rings. The van der Waals surface area contributed by atoms with E-state index in [-0.39, 0.29) is 0 Å². The Balaban J connectivity index is 2.65. The van der Waals surface area contributed by atoms with Crippen molar-refractivity contribution in [3.8, 4) is 0 Å². The van der Waals surface area contributed by atoms with E-state index in [0.717, 1.165) is 22.7 Å². The molecule has 0 fully saturated rings. The molecule has 0 atom stereocenters. The molecule has 2 heterocycles. The molecule has 0 bridgehead atoms. The number of hydrogen-bond acceptors (Lipinski definition) is 3. The summed E-state index contributed by atoms with van der Waals surface area (Å²) in [6, 6.07) is 2.01. The van der Waals surface area contributed by atoms with Gasteiger partial charge in [0.15, 0.2) is 5.82 Å². The molecule has 0 N–H and O–H groups in total. The van der Waals surface area contributed by atoms with E-state index < -0.39 is 9.82 Å². The van der Waals surface area contributed by atoms with Crippen molar-refractivity contribution in [2.24, 2.45) is 4.36 Å². The lowest BCUT2D eigenvalue weighted by atomic mass is 10.3. The van der Waals surface area contributed by atoms with Gasteiger partial charge in [-0.3, -0.25) is 4.98 Å². The van der Waals surface area contributed by atoms with Crippen molar-refractivity contribution in [1.82, 2.24) is 14.6 Å². The second-order valence-electron chi connectivity index (χ2n) is 4.84. The van der Waals surface area contributed by atoms with Crippen LogP contribution in [0.1, 0.15) is 11.4 Å². The minimum atomic E-state index is -1.19. The molecule has 0 spiro atoms. The van der Waals surface area contributed by atoms with E-state index >= 15 is 0 Å². The largest absolute Gasteiger partial charge is 0.255 e. The molecule has 4 nitrogen and oxygen atoms in total.